The molecule has 0 bridgehead atoms. The van der Waals surface area contributed by atoms with Gasteiger partial charge in [-0.3, -0.25) is 9.10 Å². The summed E-state index contributed by atoms with van der Waals surface area (Å²) in [6, 6.07) is 13.1. The molecule has 0 saturated carbocycles. The van der Waals surface area contributed by atoms with Crippen LogP contribution >= 0.6 is 11.6 Å². The minimum absolute atomic E-state index is 0.0458. The number of quaternary nitrogens is 1. The van der Waals surface area contributed by atoms with Crippen LogP contribution in [-0.4, -0.2) is 59.0 Å². The standard InChI is InChI=1S/C20H24ClN3O3S/c1-3-23-11-13-24(14-12-23)20(25)18-15-17(9-10-19(18)21)28(26,27)22(2)16-7-5-4-6-8-16/h4-10,15H,3,11-14H2,1-2H3/p+1. The van der Waals surface area contributed by atoms with Gasteiger partial charge in [0.15, 0.2) is 0 Å². The average Bonchev–Trinajstić information content (AvgIpc) is 2.73. The Kier molecular flexibility index (Phi) is 6.27. The molecule has 1 heterocycles. The van der Waals surface area contributed by atoms with Gasteiger partial charge in [0.25, 0.3) is 15.9 Å². The summed E-state index contributed by atoms with van der Waals surface area (Å²) in [5, 5.41) is 0.261. The lowest BCUT2D eigenvalue weighted by molar-refractivity contribution is -0.902. The Morgan fingerprint density at radius 3 is 2.39 bits per heavy atom. The number of nitrogens with one attached hydrogen (secondary N) is 1. The molecule has 0 radical (unpaired) electrons. The number of amides is 1. The molecule has 1 amide bonds. The summed E-state index contributed by atoms with van der Waals surface area (Å²) >= 11 is 6.25. The van der Waals surface area contributed by atoms with Crippen molar-refractivity contribution in [2.75, 3.05) is 44.1 Å². The fourth-order valence-corrected chi connectivity index (χ4v) is 4.73. The minimum Gasteiger partial charge on any atom is -0.332 e. The van der Waals surface area contributed by atoms with E-state index in [0.717, 1.165) is 19.6 Å². The van der Waals surface area contributed by atoms with E-state index >= 15 is 0 Å². The van der Waals surface area contributed by atoms with Gasteiger partial charge in [0, 0.05) is 7.05 Å². The number of rotatable bonds is 5. The van der Waals surface area contributed by atoms with Crippen molar-refractivity contribution in [2.45, 2.75) is 11.8 Å². The first kappa shape index (κ1) is 20.6. The molecule has 0 atom stereocenters. The van der Waals surface area contributed by atoms with Crippen LogP contribution in [0.25, 0.3) is 0 Å². The molecule has 0 aliphatic carbocycles. The maximum atomic E-state index is 13.0. The fraction of sp³-hybridized carbons (Fsp3) is 0.350. The third-order valence-electron chi connectivity index (χ3n) is 5.20. The van der Waals surface area contributed by atoms with Gasteiger partial charge in [-0.25, -0.2) is 8.42 Å². The van der Waals surface area contributed by atoms with Gasteiger partial charge in [0.1, 0.15) is 0 Å². The molecule has 8 heteroatoms. The highest BCUT2D eigenvalue weighted by Gasteiger charge is 2.28. The highest BCUT2D eigenvalue weighted by atomic mass is 35.5. The lowest BCUT2D eigenvalue weighted by Crippen LogP contribution is -3.14. The second kappa shape index (κ2) is 8.51. The highest BCUT2D eigenvalue weighted by molar-refractivity contribution is 7.92. The summed E-state index contributed by atoms with van der Waals surface area (Å²) < 4.78 is 27.3. The first-order chi connectivity index (χ1) is 13.3. The lowest BCUT2D eigenvalue weighted by atomic mass is 10.2. The van der Waals surface area contributed by atoms with Crippen LogP contribution in [0, 0.1) is 0 Å². The predicted octanol–water partition coefficient (Wildman–Crippen LogP) is 1.53. The molecule has 28 heavy (non-hydrogen) atoms. The first-order valence-electron chi connectivity index (χ1n) is 9.31. The summed E-state index contributed by atoms with van der Waals surface area (Å²) in [5.41, 5.74) is 0.771. The van der Waals surface area contributed by atoms with Gasteiger partial charge in [-0.05, 0) is 37.3 Å². The summed E-state index contributed by atoms with van der Waals surface area (Å²) in [6.07, 6.45) is 0. The van der Waals surface area contributed by atoms with Crippen LogP contribution < -0.4 is 9.21 Å². The van der Waals surface area contributed by atoms with Crippen molar-refractivity contribution in [3.8, 4) is 0 Å². The van der Waals surface area contributed by atoms with Crippen molar-refractivity contribution in [1.82, 2.24) is 4.90 Å². The fourth-order valence-electron chi connectivity index (χ4n) is 3.31. The Hall–Kier alpha value is -2.09. The predicted molar refractivity (Wildman–Crippen MR) is 111 cm³/mol. The van der Waals surface area contributed by atoms with Gasteiger partial charge in [0.05, 0.1) is 53.9 Å². The Balaban J connectivity index is 1.88. The molecule has 1 aliphatic heterocycles. The molecule has 0 aromatic heterocycles. The first-order valence-corrected chi connectivity index (χ1v) is 11.1. The van der Waals surface area contributed by atoms with Crippen LogP contribution in [0.15, 0.2) is 53.4 Å². The molecule has 2 aromatic rings. The zero-order chi connectivity index (χ0) is 20.3. The van der Waals surface area contributed by atoms with Crippen LogP contribution in [0.2, 0.25) is 5.02 Å². The molecule has 0 spiro atoms. The lowest BCUT2D eigenvalue weighted by Gasteiger charge is -2.32. The topological polar surface area (TPSA) is 62.1 Å². The molecular weight excluding hydrogens is 398 g/mol. The number of hydrogen-bond donors (Lipinski definition) is 1. The van der Waals surface area contributed by atoms with Gasteiger partial charge in [0.2, 0.25) is 0 Å². The number of hydrogen-bond acceptors (Lipinski definition) is 3. The number of nitrogens with zero attached hydrogens (tertiary/aromatic N) is 2. The number of carbonyl (C=O) groups is 1. The molecule has 0 unspecified atom stereocenters. The van der Waals surface area contributed by atoms with E-state index < -0.39 is 10.0 Å². The van der Waals surface area contributed by atoms with E-state index in [-0.39, 0.29) is 21.4 Å². The van der Waals surface area contributed by atoms with Gasteiger partial charge in [-0.2, -0.15) is 0 Å². The molecule has 1 aliphatic rings. The molecule has 1 saturated heterocycles. The SMILES string of the molecule is CC[NH+]1CCN(C(=O)c2cc(S(=O)(=O)N(C)c3ccccc3)ccc2Cl)CC1. The molecule has 2 aromatic carbocycles. The minimum atomic E-state index is -3.81. The molecular formula is C20H25ClN3O3S+. The maximum Gasteiger partial charge on any atom is 0.264 e. The van der Waals surface area contributed by atoms with E-state index in [1.165, 1.54) is 34.5 Å². The monoisotopic (exact) mass is 422 g/mol. The van der Waals surface area contributed by atoms with Crippen LogP contribution in [-0.2, 0) is 10.0 Å². The average molecular weight is 423 g/mol. The van der Waals surface area contributed by atoms with Gasteiger partial charge in [-0.1, -0.05) is 29.8 Å². The van der Waals surface area contributed by atoms with Crippen LogP contribution in [0.5, 0.6) is 0 Å². The van der Waals surface area contributed by atoms with Crippen molar-refractivity contribution < 1.29 is 18.1 Å². The van der Waals surface area contributed by atoms with Crippen LogP contribution in [0.4, 0.5) is 5.69 Å². The number of sulfonamides is 1. The number of anilines is 1. The zero-order valence-corrected chi connectivity index (χ0v) is 17.6. The van der Waals surface area contributed by atoms with Gasteiger partial charge in [-0.15, -0.1) is 0 Å². The number of halogens is 1. The van der Waals surface area contributed by atoms with Crippen molar-refractivity contribution in [3.63, 3.8) is 0 Å². The van der Waals surface area contributed by atoms with Crippen molar-refractivity contribution in [3.05, 3.63) is 59.1 Å². The zero-order valence-electron chi connectivity index (χ0n) is 16.1. The van der Waals surface area contributed by atoms with E-state index in [1.54, 1.807) is 29.2 Å². The summed E-state index contributed by atoms with van der Waals surface area (Å²) in [6.45, 7) is 6.20. The molecule has 3 rings (SSSR count). The Morgan fingerprint density at radius 1 is 1.14 bits per heavy atom. The number of benzene rings is 2. The quantitative estimate of drug-likeness (QED) is 0.794. The summed E-state index contributed by atoms with van der Waals surface area (Å²) in [5.74, 6) is -0.223. The maximum absolute atomic E-state index is 13.0. The summed E-state index contributed by atoms with van der Waals surface area (Å²) in [4.78, 5) is 16.2. The van der Waals surface area contributed by atoms with E-state index in [0.29, 0.717) is 18.8 Å². The van der Waals surface area contributed by atoms with Crippen LogP contribution in [0.1, 0.15) is 17.3 Å². The molecule has 6 nitrogen and oxygen atoms in total. The third kappa shape index (κ3) is 4.16. The van der Waals surface area contributed by atoms with E-state index in [1.807, 2.05) is 6.07 Å². The molecule has 150 valence electrons. The largest absolute Gasteiger partial charge is 0.332 e. The van der Waals surface area contributed by atoms with Gasteiger partial charge < -0.3 is 9.80 Å². The molecule has 1 fully saturated rings. The van der Waals surface area contributed by atoms with Crippen molar-refractivity contribution in [2.24, 2.45) is 0 Å². The smallest absolute Gasteiger partial charge is 0.264 e. The van der Waals surface area contributed by atoms with E-state index in [2.05, 4.69) is 6.92 Å². The second-order valence-electron chi connectivity index (χ2n) is 6.85. The Labute approximate surface area is 171 Å². The van der Waals surface area contributed by atoms with E-state index in [9.17, 15) is 13.2 Å². The highest BCUT2D eigenvalue weighted by Crippen LogP contribution is 2.26. The number of carbonyl (C=O) groups excluding carboxylic acids is 1. The van der Waals surface area contributed by atoms with Gasteiger partial charge >= 0.3 is 0 Å². The Morgan fingerprint density at radius 2 is 1.79 bits per heavy atom. The molecule has 1 N–H and O–H groups in total. The number of piperazine rings is 1. The second-order valence-corrected chi connectivity index (χ2v) is 9.22. The van der Waals surface area contributed by atoms with E-state index in [4.69, 9.17) is 11.6 Å². The van der Waals surface area contributed by atoms with Crippen molar-refractivity contribution in [1.29, 1.82) is 0 Å². The number of para-hydroxylation sites is 1. The number of likely N-dealkylation sites (N-methyl/N-ethyl adjacent to an activating group) is 1. The Bertz CT molecular complexity index is 942. The normalized spacial score (nSPS) is 15.5. The third-order valence-corrected chi connectivity index (χ3v) is 7.32. The van der Waals surface area contributed by atoms with Crippen molar-refractivity contribution >= 4 is 33.2 Å². The van der Waals surface area contributed by atoms with Crippen LogP contribution in [0.3, 0.4) is 0 Å². The summed E-state index contributed by atoms with van der Waals surface area (Å²) in [7, 11) is -2.31.